The Bertz CT molecular complexity index is 587. The van der Waals surface area contributed by atoms with Gasteiger partial charge < -0.3 is 16.4 Å². The van der Waals surface area contributed by atoms with Crippen molar-refractivity contribution in [1.82, 2.24) is 4.98 Å². The fourth-order valence-corrected chi connectivity index (χ4v) is 2.27. The predicted octanol–water partition coefficient (Wildman–Crippen LogP) is 2.13. The van der Waals surface area contributed by atoms with Gasteiger partial charge in [-0.15, -0.1) is 0 Å². The van der Waals surface area contributed by atoms with Gasteiger partial charge in [0, 0.05) is 12.7 Å². The van der Waals surface area contributed by atoms with Crippen LogP contribution in [0.1, 0.15) is 11.6 Å². The molecule has 1 aliphatic rings. The van der Waals surface area contributed by atoms with E-state index in [1.165, 1.54) is 12.1 Å². The number of nitrogens with two attached hydrogens (primary N) is 1. The Balaban J connectivity index is 1.81. The van der Waals surface area contributed by atoms with E-state index in [0.29, 0.717) is 6.54 Å². The van der Waals surface area contributed by atoms with Gasteiger partial charge in [-0.05, 0) is 29.8 Å². The largest absolute Gasteiger partial charge is 0.380 e. The Morgan fingerprint density at radius 2 is 2.21 bits per heavy atom. The standard InChI is InChI=1S/C14H15FN4/c15-10-4-1-3-9(7-10)13(16)12-8-18-11-5-2-6-17-14(11)19-12/h1-7,12-13,18H,8,16H2,(H,17,19)/t12-,13-/m1/s1. The summed E-state index contributed by atoms with van der Waals surface area (Å²) in [6.45, 7) is 0.677. The van der Waals surface area contributed by atoms with Crippen molar-refractivity contribution in [3.05, 3.63) is 54.0 Å². The molecule has 2 heterocycles. The van der Waals surface area contributed by atoms with Gasteiger partial charge in [0.05, 0.1) is 17.8 Å². The fourth-order valence-electron chi connectivity index (χ4n) is 2.27. The molecule has 0 radical (unpaired) electrons. The van der Waals surface area contributed by atoms with E-state index < -0.39 is 0 Å². The zero-order valence-electron chi connectivity index (χ0n) is 10.3. The fraction of sp³-hybridized carbons (Fsp3) is 0.214. The third-order valence-corrected chi connectivity index (χ3v) is 3.31. The van der Waals surface area contributed by atoms with Gasteiger partial charge in [-0.2, -0.15) is 0 Å². The van der Waals surface area contributed by atoms with Crippen LogP contribution in [-0.4, -0.2) is 17.6 Å². The highest BCUT2D eigenvalue weighted by molar-refractivity contribution is 5.66. The molecule has 1 aromatic heterocycles. The third-order valence-electron chi connectivity index (χ3n) is 3.31. The number of halogens is 1. The zero-order valence-corrected chi connectivity index (χ0v) is 10.3. The summed E-state index contributed by atoms with van der Waals surface area (Å²) >= 11 is 0. The van der Waals surface area contributed by atoms with Crippen molar-refractivity contribution in [2.24, 2.45) is 5.73 Å². The van der Waals surface area contributed by atoms with Crippen molar-refractivity contribution < 1.29 is 4.39 Å². The Morgan fingerprint density at radius 1 is 1.32 bits per heavy atom. The molecule has 0 aliphatic carbocycles. The van der Waals surface area contributed by atoms with E-state index in [1.54, 1.807) is 12.3 Å². The minimum Gasteiger partial charge on any atom is -0.380 e. The molecule has 1 aromatic carbocycles. The van der Waals surface area contributed by atoms with Crippen molar-refractivity contribution in [2.75, 3.05) is 17.2 Å². The van der Waals surface area contributed by atoms with Crippen LogP contribution in [0.15, 0.2) is 42.6 Å². The van der Waals surface area contributed by atoms with E-state index in [2.05, 4.69) is 15.6 Å². The monoisotopic (exact) mass is 258 g/mol. The predicted molar refractivity (Wildman–Crippen MR) is 73.5 cm³/mol. The Labute approximate surface area is 110 Å². The molecule has 4 nitrogen and oxygen atoms in total. The van der Waals surface area contributed by atoms with Gasteiger partial charge in [-0.1, -0.05) is 12.1 Å². The molecule has 0 saturated heterocycles. The summed E-state index contributed by atoms with van der Waals surface area (Å²) in [6.07, 6.45) is 1.73. The highest BCUT2D eigenvalue weighted by atomic mass is 19.1. The summed E-state index contributed by atoms with van der Waals surface area (Å²) in [6, 6.07) is 9.91. The highest BCUT2D eigenvalue weighted by Crippen LogP contribution is 2.27. The maximum absolute atomic E-state index is 13.2. The first-order valence-electron chi connectivity index (χ1n) is 6.20. The number of nitrogens with one attached hydrogen (secondary N) is 2. The van der Waals surface area contributed by atoms with E-state index in [1.807, 2.05) is 18.2 Å². The molecule has 0 unspecified atom stereocenters. The Morgan fingerprint density at radius 3 is 3.05 bits per heavy atom. The van der Waals surface area contributed by atoms with Crippen LogP contribution in [0.2, 0.25) is 0 Å². The minimum absolute atomic E-state index is 0.0239. The topological polar surface area (TPSA) is 63.0 Å². The van der Waals surface area contributed by atoms with Gasteiger partial charge in [0.2, 0.25) is 0 Å². The van der Waals surface area contributed by atoms with Crippen LogP contribution in [-0.2, 0) is 0 Å². The van der Waals surface area contributed by atoms with Crippen molar-refractivity contribution in [3.63, 3.8) is 0 Å². The molecule has 3 rings (SSSR count). The van der Waals surface area contributed by atoms with Crippen LogP contribution in [0.5, 0.6) is 0 Å². The molecule has 4 N–H and O–H groups in total. The van der Waals surface area contributed by atoms with Crippen LogP contribution in [0.4, 0.5) is 15.9 Å². The van der Waals surface area contributed by atoms with Crippen LogP contribution in [0.3, 0.4) is 0 Å². The number of anilines is 2. The van der Waals surface area contributed by atoms with E-state index in [4.69, 9.17) is 5.73 Å². The summed E-state index contributed by atoms with van der Waals surface area (Å²) in [5.74, 6) is 0.515. The summed E-state index contributed by atoms with van der Waals surface area (Å²) in [5.41, 5.74) is 7.94. The van der Waals surface area contributed by atoms with E-state index >= 15 is 0 Å². The molecule has 0 bridgehead atoms. The van der Waals surface area contributed by atoms with Crippen molar-refractivity contribution >= 4 is 11.5 Å². The summed E-state index contributed by atoms with van der Waals surface area (Å²) < 4.78 is 13.2. The second kappa shape index (κ2) is 4.85. The molecule has 0 spiro atoms. The molecule has 5 heteroatoms. The maximum atomic E-state index is 13.2. The molecule has 0 fully saturated rings. The quantitative estimate of drug-likeness (QED) is 0.772. The zero-order chi connectivity index (χ0) is 13.2. The van der Waals surface area contributed by atoms with Gasteiger partial charge in [-0.25, -0.2) is 9.37 Å². The molecule has 19 heavy (non-hydrogen) atoms. The van der Waals surface area contributed by atoms with E-state index in [-0.39, 0.29) is 17.9 Å². The first-order chi connectivity index (χ1) is 9.24. The average Bonchev–Trinajstić information content (AvgIpc) is 2.46. The van der Waals surface area contributed by atoms with Gasteiger partial charge in [0.25, 0.3) is 0 Å². The minimum atomic E-state index is -0.293. The number of nitrogens with zero attached hydrogens (tertiary/aromatic N) is 1. The first-order valence-corrected chi connectivity index (χ1v) is 6.20. The van der Waals surface area contributed by atoms with Crippen LogP contribution in [0, 0.1) is 5.82 Å². The maximum Gasteiger partial charge on any atom is 0.149 e. The number of aromatic nitrogens is 1. The SMILES string of the molecule is N[C@H](c1cccc(F)c1)[C@H]1CNc2cccnc2N1. The van der Waals surface area contributed by atoms with Gasteiger partial charge >= 0.3 is 0 Å². The number of pyridine rings is 1. The Hall–Kier alpha value is -2.14. The molecule has 0 saturated carbocycles. The van der Waals surface area contributed by atoms with Crippen LogP contribution in [0.25, 0.3) is 0 Å². The number of fused-ring (bicyclic) bond motifs is 1. The summed E-state index contributed by atoms with van der Waals surface area (Å²) in [4.78, 5) is 4.26. The van der Waals surface area contributed by atoms with E-state index in [9.17, 15) is 4.39 Å². The normalized spacial score (nSPS) is 18.9. The van der Waals surface area contributed by atoms with Crippen molar-refractivity contribution in [3.8, 4) is 0 Å². The average molecular weight is 258 g/mol. The smallest absolute Gasteiger partial charge is 0.149 e. The molecule has 2 atom stereocenters. The Kier molecular flexibility index (Phi) is 3.05. The lowest BCUT2D eigenvalue weighted by Crippen LogP contribution is -2.41. The first kappa shape index (κ1) is 11.9. The summed E-state index contributed by atoms with van der Waals surface area (Å²) in [7, 11) is 0. The highest BCUT2D eigenvalue weighted by Gasteiger charge is 2.24. The second-order valence-electron chi connectivity index (χ2n) is 4.61. The van der Waals surface area contributed by atoms with Crippen molar-refractivity contribution in [2.45, 2.75) is 12.1 Å². The van der Waals surface area contributed by atoms with Gasteiger partial charge in [-0.3, -0.25) is 0 Å². The van der Waals surface area contributed by atoms with Crippen LogP contribution >= 0.6 is 0 Å². The lowest BCUT2D eigenvalue weighted by molar-refractivity contribution is 0.579. The number of benzene rings is 1. The van der Waals surface area contributed by atoms with Crippen molar-refractivity contribution in [1.29, 1.82) is 0 Å². The lowest BCUT2D eigenvalue weighted by atomic mass is 9.98. The number of hydrogen-bond acceptors (Lipinski definition) is 4. The molecule has 0 amide bonds. The number of hydrogen-bond donors (Lipinski definition) is 3. The molecule has 98 valence electrons. The summed E-state index contributed by atoms with van der Waals surface area (Å²) in [5, 5.41) is 6.57. The molecule has 1 aliphatic heterocycles. The van der Waals surface area contributed by atoms with Crippen LogP contribution < -0.4 is 16.4 Å². The number of rotatable bonds is 2. The molecule has 2 aromatic rings. The van der Waals surface area contributed by atoms with Gasteiger partial charge in [0.15, 0.2) is 0 Å². The molecular weight excluding hydrogens is 243 g/mol. The lowest BCUT2D eigenvalue weighted by Gasteiger charge is -2.31. The second-order valence-corrected chi connectivity index (χ2v) is 4.61. The molecular formula is C14H15FN4. The van der Waals surface area contributed by atoms with Gasteiger partial charge in [0.1, 0.15) is 11.6 Å². The third kappa shape index (κ3) is 2.37. The van der Waals surface area contributed by atoms with E-state index in [0.717, 1.165) is 17.1 Å².